The average Bonchev–Trinajstić information content (AvgIpc) is 2.11. The van der Waals surface area contributed by atoms with E-state index in [0.29, 0.717) is 23.3 Å². The molecule has 0 aliphatic carbocycles. The van der Waals surface area contributed by atoms with Crippen molar-refractivity contribution >= 4 is 23.2 Å². The first-order valence-corrected chi connectivity index (χ1v) is 5.15. The van der Waals surface area contributed by atoms with Crippen LogP contribution in [0, 0.1) is 0 Å². The number of nitrogens with one attached hydrogen (secondary N) is 1. The summed E-state index contributed by atoms with van der Waals surface area (Å²) in [5.41, 5.74) is 0.999. The number of rotatable bonds is 5. The van der Waals surface area contributed by atoms with Gasteiger partial charge in [0, 0.05) is 16.6 Å². The minimum atomic E-state index is 0.544. The summed E-state index contributed by atoms with van der Waals surface area (Å²) in [5.74, 6) is 0. The van der Waals surface area contributed by atoms with Crippen molar-refractivity contribution in [2.75, 3.05) is 20.2 Å². The highest BCUT2D eigenvalue weighted by Crippen LogP contribution is 2.19. The molecular formula is C10H13Cl2NO. The number of likely N-dealkylation sites (N-methyl/N-ethyl adjacent to an activating group) is 1. The van der Waals surface area contributed by atoms with Crippen LogP contribution in [0.4, 0.5) is 0 Å². The van der Waals surface area contributed by atoms with E-state index < -0.39 is 0 Å². The topological polar surface area (TPSA) is 21.3 Å². The summed E-state index contributed by atoms with van der Waals surface area (Å²) < 4.78 is 5.39. The summed E-state index contributed by atoms with van der Waals surface area (Å²) in [6.07, 6.45) is 0. The molecule has 0 atom stereocenters. The van der Waals surface area contributed by atoms with E-state index in [1.165, 1.54) is 0 Å². The molecule has 0 heterocycles. The van der Waals surface area contributed by atoms with Gasteiger partial charge in [-0.1, -0.05) is 23.2 Å². The Bertz CT molecular complexity index is 271. The van der Waals surface area contributed by atoms with Gasteiger partial charge in [0.15, 0.2) is 0 Å². The lowest BCUT2D eigenvalue weighted by Gasteiger charge is -2.04. The van der Waals surface area contributed by atoms with E-state index in [0.717, 1.165) is 12.1 Å². The standard InChI is InChI=1S/C10H13Cl2NO/c1-13-2-3-14-7-8-4-9(11)6-10(12)5-8/h4-6,13H,2-3,7H2,1H3. The molecule has 4 heteroatoms. The van der Waals surface area contributed by atoms with Crippen LogP contribution in [0.25, 0.3) is 0 Å². The van der Waals surface area contributed by atoms with Gasteiger partial charge in [0.05, 0.1) is 13.2 Å². The summed E-state index contributed by atoms with van der Waals surface area (Å²) in [6, 6.07) is 5.42. The minimum absolute atomic E-state index is 0.544. The molecular weight excluding hydrogens is 221 g/mol. The maximum absolute atomic E-state index is 5.84. The van der Waals surface area contributed by atoms with Crippen molar-refractivity contribution in [2.24, 2.45) is 0 Å². The highest BCUT2D eigenvalue weighted by Gasteiger charge is 1.98. The van der Waals surface area contributed by atoms with Crippen LogP contribution in [0.15, 0.2) is 18.2 Å². The van der Waals surface area contributed by atoms with Gasteiger partial charge >= 0.3 is 0 Å². The third kappa shape index (κ3) is 4.29. The number of ether oxygens (including phenoxy) is 1. The predicted octanol–water partition coefficient (Wildman–Crippen LogP) is 2.73. The maximum Gasteiger partial charge on any atom is 0.0718 e. The van der Waals surface area contributed by atoms with Gasteiger partial charge in [0.2, 0.25) is 0 Å². The van der Waals surface area contributed by atoms with Crippen LogP contribution in [-0.2, 0) is 11.3 Å². The molecule has 1 aromatic rings. The predicted molar refractivity (Wildman–Crippen MR) is 60.0 cm³/mol. The molecule has 1 aromatic carbocycles. The van der Waals surface area contributed by atoms with E-state index in [1.54, 1.807) is 6.07 Å². The highest BCUT2D eigenvalue weighted by atomic mass is 35.5. The number of hydrogen-bond acceptors (Lipinski definition) is 2. The Morgan fingerprint density at radius 3 is 2.43 bits per heavy atom. The van der Waals surface area contributed by atoms with Gasteiger partial charge in [-0.2, -0.15) is 0 Å². The maximum atomic E-state index is 5.84. The van der Waals surface area contributed by atoms with Gasteiger partial charge < -0.3 is 10.1 Å². The van der Waals surface area contributed by atoms with Crippen molar-refractivity contribution in [1.29, 1.82) is 0 Å². The Balaban J connectivity index is 2.42. The summed E-state index contributed by atoms with van der Waals surface area (Å²) in [6.45, 7) is 2.07. The summed E-state index contributed by atoms with van der Waals surface area (Å²) in [7, 11) is 1.89. The molecule has 1 rings (SSSR count). The van der Waals surface area contributed by atoms with Gasteiger partial charge in [-0.05, 0) is 30.8 Å². The van der Waals surface area contributed by atoms with Gasteiger partial charge in [0.25, 0.3) is 0 Å². The van der Waals surface area contributed by atoms with Crippen LogP contribution in [-0.4, -0.2) is 20.2 Å². The van der Waals surface area contributed by atoms with E-state index in [-0.39, 0.29) is 0 Å². The molecule has 78 valence electrons. The first kappa shape index (κ1) is 11.8. The van der Waals surface area contributed by atoms with Crippen molar-refractivity contribution in [3.05, 3.63) is 33.8 Å². The molecule has 0 aliphatic rings. The molecule has 0 fully saturated rings. The normalized spacial score (nSPS) is 10.5. The monoisotopic (exact) mass is 233 g/mol. The Kier molecular flexibility index (Phi) is 5.26. The highest BCUT2D eigenvalue weighted by molar-refractivity contribution is 6.34. The molecule has 0 unspecified atom stereocenters. The van der Waals surface area contributed by atoms with Crippen LogP contribution in [0.5, 0.6) is 0 Å². The molecule has 0 saturated heterocycles. The van der Waals surface area contributed by atoms with E-state index in [1.807, 2.05) is 19.2 Å². The van der Waals surface area contributed by atoms with Crippen LogP contribution >= 0.6 is 23.2 Å². The average molecular weight is 234 g/mol. The van der Waals surface area contributed by atoms with Crippen LogP contribution in [0.1, 0.15) is 5.56 Å². The molecule has 0 spiro atoms. The van der Waals surface area contributed by atoms with E-state index in [4.69, 9.17) is 27.9 Å². The van der Waals surface area contributed by atoms with Crippen molar-refractivity contribution in [1.82, 2.24) is 5.32 Å². The lowest BCUT2D eigenvalue weighted by Crippen LogP contribution is -2.13. The molecule has 0 radical (unpaired) electrons. The SMILES string of the molecule is CNCCOCc1cc(Cl)cc(Cl)c1. The lowest BCUT2D eigenvalue weighted by molar-refractivity contribution is 0.124. The fraction of sp³-hybridized carbons (Fsp3) is 0.400. The fourth-order valence-electron chi connectivity index (χ4n) is 1.06. The zero-order valence-corrected chi connectivity index (χ0v) is 9.53. The van der Waals surface area contributed by atoms with Gasteiger partial charge in [-0.25, -0.2) is 0 Å². The second kappa shape index (κ2) is 6.25. The largest absolute Gasteiger partial charge is 0.375 e. The van der Waals surface area contributed by atoms with Crippen molar-refractivity contribution < 1.29 is 4.74 Å². The number of hydrogen-bond donors (Lipinski definition) is 1. The first-order chi connectivity index (χ1) is 6.72. The molecule has 0 saturated carbocycles. The van der Waals surface area contributed by atoms with Crippen LogP contribution < -0.4 is 5.32 Å². The van der Waals surface area contributed by atoms with Gasteiger partial charge in [-0.15, -0.1) is 0 Å². The van der Waals surface area contributed by atoms with Crippen LogP contribution in [0.2, 0.25) is 10.0 Å². The summed E-state index contributed by atoms with van der Waals surface area (Å²) >= 11 is 11.7. The smallest absolute Gasteiger partial charge is 0.0718 e. The fourth-order valence-corrected chi connectivity index (χ4v) is 1.63. The quantitative estimate of drug-likeness (QED) is 0.791. The van der Waals surface area contributed by atoms with E-state index in [2.05, 4.69) is 5.32 Å². The number of halogens is 2. The second-order valence-electron chi connectivity index (χ2n) is 2.93. The molecule has 14 heavy (non-hydrogen) atoms. The minimum Gasteiger partial charge on any atom is -0.375 e. The molecule has 0 amide bonds. The van der Waals surface area contributed by atoms with Crippen molar-refractivity contribution in [3.8, 4) is 0 Å². The molecule has 2 nitrogen and oxygen atoms in total. The Labute approximate surface area is 94.2 Å². The molecule has 1 N–H and O–H groups in total. The van der Waals surface area contributed by atoms with Crippen molar-refractivity contribution in [3.63, 3.8) is 0 Å². The van der Waals surface area contributed by atoms with Crippen LogP contribution in [0.3, 0.4) is 0 Å². The zero-order chi connectivity index (χ0) is 10.4. The zero-order valence-electron chi connectivity index (χ0n) is 8.02. The Morgan fingerprint density at radius 1 is 1.21 bits per heavy atom. The first-order valence-electron chi connectivity index (χ1n) is 4.39. The Morgan fingerprint density at radius 2 is 1.86 bits per heavy atom. The lowest BCUT2D eigenvalue weighted by atomic mass is 10.2. The number of benzene rings is 1. The Hall–Kier alpha value is -0.280. The third-order valence-corrected chi connectivity index (χ3v) is 2.12. The molecule has 0 bridgehead atoms. The van der Waals surface area contributed by atoms with Gasteiger partial charge in [-0.3, -0.25) is 0 Å². The molecule has 0 aliphatic heterocycles. The molecule has 0 aromatic heterocycles. The second-order valence-corrected chi connectivity index (χ2v) is 3.81. The summed E-state index contributed by atoms with van der Waals surface area (Å²) in [4.78, 5) is 0. The van der Waals surface area contributed by atoms with E-state index in [9.17, 15) is 0 Å². The van der Waals surface area contributed by atoms with Crippen molar-refractivity contribution in [2.45, 2.75) is 6.61 Å². The third-order valence-electron chi connectivity index (χ3n) is 1.69. The van der Waals surface area contributed by atoms with Gasteiger partial charge in [0.1, 0.15) is 0 Å². The summed E-state index contributed by atoms with van der Waals surface area (Å²) in [5, 5.41) is 4.29. The van der Waals surface area contributed by atoms with E-state index >= 15 is 0 Å².